The molecule has 1 N–H and O–H groups in total. The van der Waals surface area contributed by atoms with Gasteiger partial charge in [-0.1, -0.05) is 35.9 Å². The van der Waals surface area contributed by atoms with Crippen molar-refractivity contribution in [2.24, 2.45) is 0 Å². The Bertz CT molecular complexity index is 915. The van der Waals surface area contributed by atoms with E-state index < -0.39 is 0 Å². The van der Waals surface area contributed by atoms with Crippen LogP contribution < -0.4 is 10.1 Å². The van der Waals surface area contributed by atoms with E-state index in [9.17, 15) is 4.79 Å². The van der Waals surface area contributed by atoms with Gasteiger partial charge in [0.15, 0.2) is 0 Å². The highest BCUT2D eigenvalue weighted by Crippen LogP contribution is 2.17. The second kappa shape index (κ2) is 9.22. The van der Waals surface area contributed by atoms with E-state index in [1.807, 2.05) is 80.1 Å². The molecule has 0 bridgehead atoms. The third-order valence-corrected chi connectivity index (χ3v) is 4.74. The van der Waals surface area contributed by atoms with Crippen LogP contribution in [-0.4, -0.2) is 22.3 Å². The van der Waals surface area contributed by atoms with Crippen LogP contribution in [0.3, 0.4) is 0 Å². The van der Waals surface area contributed by atoms with Crippen molar-refractivity contribution in [3.63, 3.8) is 0 Å². The average molecular weight is 377 g/mol. The van der Waals surface area contributed by atoms with E-state index in [2.05, 4.69) is 10.4 Å². The minimum absolute atomic E-state index is 0.0266. The number of carbonyl (C=O) groups excluding carboxylic acids is 1. The fourth-order valence-corrected chi connectivity index (χ4v) is 3.08. The number of amides is 1. The van der Waals surface area contributed by atoms with Gasteiger partial charge in [0.25, 0.3) is 0 Å². The number of aryl methyl sites for hydroxylation is 2. The Kier molecular flexibility index (Phi) is 6.48. The zero-order valence-corrected chi connectivity index (χ0v) is 16.7. The van der Waals surface area contributed by atoms with Crippen molar-refractivity contribution in [3.05, 3.63) is 77.1 Å². The van der Waals surface area contributed by atoms with E-state index in [0.29, 0.717) is 26.0 Å². The molecule has 0 aliphatic heterocycles. The molecule has 0 unspecified atom stereocenters. The lowest BCUT2D eigenvalue weighted by molar-refractivity contribution is -0.121. The lowest BCUT2D eigenvalue weighted by atomic mass is 10.2. The van der Waals surface area contributed by atoms with Gasteiger partial charge >= 0.3 is 0 Å². The Morgan fingerprint density at radius 2 is 1.75 bits per heavy atom. The molecular formula is C23H27N3O2. The van der Waals surface area contributed by atoms with Crippen molar-refractivity contribution >= 4 is 5.91 Å². The molecule has 3 aromatic rings. The van der Waals surface area contributed by atoms with Crippen LogP contribution in [0.2, 0.25) is 0 Å². The van der Waals surface area contributed by atoms with Crippen LogP contribution in [0, 0.1) is 20.8 Å². The zero-order chi connectivity index (χ0) is 19.9. The maximum Gasteiger partial charge on any atom is 0.220 e. The van der Waals surface area contributed by atoms with Gasteiger partial charge in [0, 0.05) is 24.2 Å². The van der Waals surface area contributed by atoms with E-state index in [0.717, 1.165) is 28.4 Å². The van der Waals surface area contributed by atoms with Gasteiger partial charge in [0.2, 0.25) is 5.91 Å². The van der Waals surface area contributed by atoms with Crippen LogP contribution in [0.5, 0.6) is 5.75 Å². The first-order valence-electron chi connectivity index (χ1n) is 9.61. The summed E-state index contributed by atoms with van der Waals surface area (Å²) in [6.45, 7) is 7.07. The lowest BCUT2D eigenvalue weighted by Gasteiger charge is -2.08. The fourth-order valence-electron chi connectivity index (χ4n) is 3.08. The normalized spacial score (nSPS) is 10.7. The highest BCUT2D eigenvalue weighted by Gasteiger charge is 2.13. The molecule has 1 amide bonds. The molecule has 5 nitrogen and oxygen atoms in total. The molecule has 0 atom stereocenters. The zero-order valence-electron chi connectivity index (χ0n) is 16.7. The largest absolute Gasteiger partial charge is 0.494 e. The molecule has 0 aliphatic rings. The summed E-state index contributed by atoms with van der Waals surface area (Å²) in [4.78, 5) is 12.2. The van der Waals surface area contributed by atoms with Gasteiger partial charge < -0.3 is 10.1 Å². The quantitative estimate of drug-likeness (QED) is 0.596. The molecule has 0 spiro atoms. The number of aromatic nitrogens is 2. The number of ether oxygens (including phenoxy) is 1. The number of nitrogens with zero attached hydrogens (tertiary/aromatic N) is 2. The van der Waals surface area contributed by atoms with Crippen molar-refractivity contribution in [2.45, 2.75) is 40.2 Å². The van der Waals surface area contributed by atoms with Gasteiger partial charge in [0.05, 0.1) is 18.0 Å². The third-order valence-electron chi connectivity index (χ3n) is 4.74. The van der Waals surface area contributed by atoms with Gasteiger partial charge in [0.1, 0.15) is 5.75 Å². The number of para-hydroxylation sites is 1. The van der Waals surface area contributed by atoms with E-state index >= 15 is 0 Å². The first-order valence-corrected chi connectivity index (χ1v) is 9.61. The summed E-state index contributed by atoms with van der Waals surface area (Å²) in [7, 11) is 0. The average Bonchev–Trinajstić information content (AvgIpc) is 2.99. The molecule has 0 fully saturated rings. The molecule has 0 radical (unpaired) electrons. The minimum atomic E-state index is 0.0266. The fraction of sp³-hybridized carbons (Fsp3) is 0.304. The van der Waals surface area contributed by atoms with Crippen molar-refractivity contribution in [1.29, 1.82) is 0 Å². The van der Waals surface area contributed by atoms with Crippen LogP contribution in [-0.2, 0) is 11.3 Å². The molecule has 0 saturated heterocycles. The van der Waals surface area contributed by atoms with Crippen molar-refractivity contribution < 1.29 is 9.53 Å². The highest BCUT2D eigenvalue weighted by molar-refractivity contribution is 5.75. The number of hydrogen-bond donors (Lipinski definition) is 1. The van der Waals surface area contributed by atoms with Crippen molar-refractivity contribution in [3.8, 4) is 11.4 Å². The molecule has 5 heteroatoms. The maximum atomic E-state index is 12.2. The summed E-state index contributed by atoms with van der Waals surface area (Å²) in [6.07, 6.45) is 1.12. The number of carbonyl (C=O) groups is 1. The van der Waals surface area contributed by atoms with Crippen LogP contribution in [0.1, 0.15) is 35.4 Å². The van der Waals surface area contributed by atoms with Gasteiger partial charge in [-0.15, -0.1) is 0 Å². The Morgan fingerprint density at radius 1 is 1.04 bits per heavy atom. The van der Waals surface area contributed by atoms with E-state index in [1.165, 1.54) is 5.56 Å². The van der Waals surface area contributed by atoms with Crippen molar-refractivity contribution in [1.82, 2.24) is 15.1 Å². The predicted molar refractivity (Wildman–Crippen MR) is 111 cm³/mol. The first kappa shape index (κ1) is 19.7. The monoisotopic (exact) mass is 377 g/mol. The molecule has 3 rings (SSSR count). The summed E-state index contributed by atoms with van der Waals surface area (Å²) in [5.41, 5.74) is 5.27. The van der Waals surface area contributed by atoms with Gasteiger partial charge in [-0.25, -0.2) is 4.68 Å². The molecular weight excluding hydrogens is 350 g/mol. The molecule has 0 saturated carbocycles. The number of benzene rings is 2. The second-order valence-electron chi connectivity index (χ2n) is 6.94. The Labute approximate surface area is 166 Å². The first-order chi connectivity index (χ1) is 13.5. The molecule has 146 valence electrons. The van der Waals surface area contributed by atoms with Gasteiger partial charge in [-0.2, -0.15) is 5.10 Å². The summed E-state index contributed by atoms with van der Waals surface area (Å²) in [5.74, 6) is 0.865. The summed E-state index contributed by atoms with van der Waals surface area (Å²) >= 11 is 0. The Morgan fingerprint density at radius 3 is 2.46 bits per heavy atom. The van der Waals surface area contributed by atoms with Crippen molar-refractivity contribution in [2.75, 3.05) is 6.61 Å². The molecule has 28 heavy (non-hydrogen) atoms. The van der Waals surface area contributed by atoms with Crippen LogP contribution in [0.15, 0.2) is 54.6 Å². The lowest BCUT2D eigenvalue weighted by Crippen LogP contribution is -2.23. The topological polar surface area (TPSA) is 56.1 Å². The molecule has 1 heterocycles. The molecule has 0 aliphatic carbocycles. The van der Waals surface area contributed by atoms with E-state index in [1.54, 1.807) is 0 Å². The molecule has 2 aromatic carbocycles. The third kappa shape index (κ3) is 5.00. The SMILES string of the molecule is Cc1ccc(OCCCC(=O)NCc2c(C)nn(-c3ccccc3)c2C)cc1. The minimum Gasteiger partial charge on any atom is -0.494 e. The smallest absolute Gasteiger partial charge is 0.220 e. The van der Waals surface area contributed by atoms with E-state index in [4.69, 9.17) is 4.74 Å². The number of rotatable bonds is 8. The Balaban J connectivity index is 1.47. The standard InChI is InChI=1S/C23H27N3O2/c1-17-11-13-21(14-12-17)28-15-7-10-23(27)24-16-22-18(2)25-26(19(22)3)20-8-5-4-6-9-20/h4-6,8-9,11-14H,7,10,15-16H2,1-3H3,(H,24,27). The van der Waals surface area contributed by atoms with E-state index in [-0.39, 0.29) is 5.91 Å². The maximum absolute atomic E-state index is 12.2. The second-order valence-corrected chi connectivity index (χ2v) is 6.94. The number of hydrogen-bond acceptors (Lipinski definition) is 3. The number of nitrogens with one attached hydrogen (secondary N) is 1. The predicted octanol–water partition coefficient (Wildman–Crippen LogP) is 4.27. The van der Waals surface area contributed by atoms with Gasteiger partial charge in [-0.3, -0.25) is 4.79 Å². The summed E-state index contributed by atoms with van der Waals surface area (Å²) in [5, 5.41) is 7.62. The van der Waals surface area contributed by atoms with Gasteiger partial charge in [-0.05, 0) is 51.5 Å². The summed E-state index contributed by atoms with van der Waals surface area (Å²) < 4.78 is 7.59. The van der Waals surface area contributed by atoms with Crippen LogP contribution in [0.4, 0.5) is 0 Å². The summed E-state index contributed by atoms with van der Waals surface area (Å²) in [6, 6.07) is 17.9. The van der Waals surface area contributed by atoms with Crippen LogP contribution >= 0.6 is 0 Å². The highest BCUT2D eigenvalue weighted by atomic mass is 16.5. The Hall–Kier alpha value is -3.08. The molecule has 1 aromatic heterocycles. The van der Waals surface area contributed by atoms with Crippen LogP contribution in [0.25, 0.3) is 5.69 Å².